The monoisotopic (exact) mass is 373 g/mol. The number of rotatable bonds is 2. The van der Waals surface area contributed by atoms with Crippen molar-refractivity contribution in [2.75, 3.05) is 17.2 Å². The van der Waals surface area contributed by atoms with Gasteiger partial charge in [0.2, 0.25) is 5.91 Å². The second kappa shape index (κ2) is 7.17. The van der Waals surface area contributed by atoms with Crippen LogP contribution in [0.4, 0.5) is 11.4 Å². The topological polar surface area (TPSA) is 93.5 Å². The number of ether oxygens (including phenoxy) is 1. The van der Waals surface area contributed by atoms with Gasteiger partial charge in [-0.1, -0.05) is 24.4 Å². The quantitative estimate of drug-likeness (QED) is 0.742. The number of benzene rings is 1. The van der Waals surface area contributed by atoms with Gasteiger partial charge in [0.15, 0.2) is 6.61 Å². The molecule has 0 aromatic heterocycles. The molecule has 0 saturated heterocycles. The maximum atomic E-state index is 12.6. The molecule has 0 bridgehead atoms. The Kier molecular flexibility index (Phi) is 5.63. The lowest BCUT2D eigenvalue weighted by atomic mass is 9.74. The SMILES string of the molecule is CC1(N)CCCCC1C(=O)Nc1cc2c(cc1Cl)NC(=O)CO2.Cl. The van der Waals surface area contributed by atoms with Gasteiger partial charge in [0, 0.05) is 11.6 Å². The first-order valence-corrected chi connectivity index (χ1v) is 8.10. The summed E-state index contributed by atoms with van der Waals surface area (Å²) in [5.41, 5.74) is 6.74. The molecule has 2 aliphatic rings. The first-order chi connectivity index (χ1) is 10.9. The van der Waals surface area contributed by atoms with E-state index in [-0.39, 0.29) is 36.7 Å². The van der Waals surface area contributed by atoms with E-state index in [0.717, 1.165) is 25.7 Å². The number of hydrogen-bond donors (Lipinski definition) is 3. The van der Waals surface area contributed by atoms with Crippen molar-refractivity contribution >= 4 is 47.2 Å². The standard InChI is InChI=1S/C16H20ClN3O3.ClH/c1-16(18)5-3-2-4-9(16)15(22)20-11-7-13-12(6-10(11)17)19-14(21)8-23-13;/h6-7,9H,2-5,8,18H2,1H3,(H,19,21)(H,20,22);1H. The largest absolute Gasteiger partial charge is 0.482 e. The van der Waals surface area contributed by atoms with Crippen molar-refractivity contribution in [1.82, 2.24) is 0 Å². The highest BCUT2D eigenvalue weighted by molar-refractivity contribution is 6.34. The molecule has 0 radical (unpaired) electrons. The molecule has 4 N–H and O–H groups in total. The molecule has 1 aromatic rings. The Morgan fingerprint density at radius 2 is 2.21 bits per heavy atom. The van der Waals surface area contributed by atoms with Crippen LogP contribution in [-0.4, -0.2) is 24.0 Å². The fourth-order valence-electron chi connectivity index (χ4n) is 3.20. The second-order valence-electron chi connectivity index (χ2n) is 6.46. The zero-order valence-electron chi connectivity index (χ0n) is 13.4. The van der Waals surface area contributed by atoms with Crippen molar-refractivity contribution in [2.24, 2.45) is 11.7 Å². The predicted octanol–water partition coefficient (Wildman–Crippen LogP) is 2.94. The summed E-state index contributed by atoms with van der Waals surface area (Å²) in [5, 5.41) is 5.87. The third-order valence-corrected chi connectivity index (χ3v) is 4.84. The molecule has 1 aromatic carbocycles. The van der Waals surface area contributed by atoms with Crippen LogP contribution >= 0.6 is 24.0 Å². The van der Waals surface area contributed by atoms with Gasteiger partial charge >= 0.3 is 0 Å². The minimum Gasteiger partial charge on any atom is -0.482 e. The maximum Gasteiger partial charge on any atom is 0.262 e. The van der Waals surface area contributed by atoms with E-state index in [9.17, 15) is 9.59 Å². The van der Waals surface area contributed by atoms with Gasteiger partial charge in [-0.25, -0.2) is 0 Å². The van der Waals surface area contributed by atoms with Gasteiger partial charge in [-0.15, -0.1) is 12.4 Å². The zero-order valence-corrected chi connectivity index (χ0v) is 14.9. The van der Waals surface area contributed by atoms with E-state index in [0.29, 0.717) is 22.1 Å². The number of amides is 2. The average Bonchev–Trinajstić information content (AvgIpc) is 2.47. The van der Waals surface area contributed by atoms with Gasteiger partial charge in [-0.05, 0) is 25.8 Å². The molecule has 2 atom stereocenters. The number of nitrogens with two attached hydrogens (primary N) is 1. The van der Waals surface area contributed by atoms with Crippen molar-refractivity contribution in [3.63, 3.8) is 0 Å². The van der Waals surface area contributed by atoms with Gasteiger partial charge in [0.05, 0.1) is 22.3 Å². The summed E-state index contributed by atoms with van der Waals surface area (Å²) in [6, 6.07) is 3.21. The Hall–Kier alpha value is -1.50. The van der Waals surface area contributed by atoms with Crippen LogP contribution in [0, 0.1) is 5.92 Å². The van der Waals surface area contributed by atoms with Crippen LogP contribution in [0.25, 0.3) is 0 Å². The molecular formula is C16H21Cl2N3O3. The lowest BCUT2D eigenvalue weighted by Crippen LogP contribution is -2.51. The van der Waals surface area contributed by atoms with Crippen molar-refractivity contribution in [2.45, 2.75) is 38.1 Å². The van der Waals surface area contributed by atoms with E-state index in [1.54, 1.807) is 12.1 Å². The van der Waals surface area contributed by atoms with E-state index in [2.05, 4.69) is 10.6 Å². The van der Waals surface area contributed by atoms with Gasteiger partial charge in [0.25, 0.3) is 5.91 Å². The van der Waals surface area contributed by atoms with E-state index < -0.39 is 5.54 Å². The summed E-state index contributed by atoms with van der Waals surface area (Å²) in [7, 11) is 0. The zero-order chi connectivity index (χ0) is 16.6. The van der Waals surface area contributed by atoms with E-state index in [1.807, 2.05) is 6.92 Å². The number of carbonyl (C=O) groups is 2. The Morgan fingerprint density at radius 1 is 1.46 bits per heavy atom. The summed E-state index contributed by atoms with van der Waals surface area (Å²) < 4.78 is 5.35. The Morgan fingerprint density at radius 3 is 2.92 bits per heavy atom. The van der Waals surface area contributed by atoms with Crippen molar-refractivity contribution < 1.29 is 14.3 Å². The minimum atomic E-state index is -0.506. The predicted molar refractivity (Wildman–Crippen MR) is 96.0 cm³/mol. The number of carbonyl (C=O) groups excluding carboxylic acids is 2. The molecule has 8 heteroatoms. The highest BCUT2D eigenvalue weighted by Crippen LogP contribution is 2.38. The normalized spacial score (nSPS) is 25.6. The van der Waals surface area contributed by atoms with Crippen LogP contribution in [-0.2, 0) is 9.59 Å². The highest BCUT2D eigenvalue weighted by Gasteiger charge is 2.38. The van der Waals surface area contributed by atoms with Crippen LogP contribution in [0.3, 0.4) is 0 Å². The maximum absolute atomic E-state index is 12.6. The lowest BCUT2D eigenvalue weighted by Gasteiger charge is -2.37. The molecular weight excluding hydrogens is 353 g/mol. The number of hydrogen-bond acceptors (Lipinski definition) is 4. The van der Waals surface area contributed by atoms with Crippen LogP contribution in [0.1, 0.15) is 32.6 Å². The fourth-order valence-corrected chi connectivity index (χ4v) is 3.42. The lowest BCUT2D eigenvalue weighted by molar-refractivity contribution is -0.123. The minimum absolute atomic E-state index is 0. The van der Waals surface area contributed by atoms with Crippen molar-refractivity contribution in [3.8, 4) is 5.75 Å². The summed E-state index contributed by atoms with van der Waals surface area (Å²) in [6.07, 6.45) is 3.65. The second-order valence-corrected chi connectivity index (χ2v) is 6.87. The first kappa shape index (κ1) is 18.8. The van der Waals surface area contributed by atoms with Crippen LogP contribution in [0.5, 0.6) is 5.75 Å². The fraction of sp³-hybridized carbons (Fsp3) is 0.500. The average molecular weight is 374 g/mol. The van der Waals surface area contributed by atoms with Crippen molar-refractivity contribution in [1.29, 1.82) is 0 Å². The highest BCUT2D eigenvalue weighted by atomic mass is 35.5. The molecule has 1 heterocycles. The molecule has 2 unspecified atom stereocenters. The third kappa shape index (κ3) is 3.77. The van der Waals surface area contributed by atoms with Crippen LogP contribution < -0.4 is 21.1 Å². The van der Waals surface area contributed by atoms with E-state index >= 15 is 0 Å². The summed E-state index contributed by atoms with van der Waals surface area (Å²) >= 11 is 6.21. The molecule has 2 amide bonds. The number of nitrogens with one attached hydrogen (secondary N) is 2. The van der Waals surface area contributed by atoms with Gasteiger partial charge in [0.1, 0.15) is 5.75 Å². The number of anilines is 2. The number of fused-ring (bicyclic) bond motifs is 1. The summed E-state index contributed by atoms with van der Waals surface area (Å²) in [5.74, 6) is -0.115. The smallest absolute Gasteiger partial charge is 0.262 e. The summed E-state index contributed by atoms with van der Waals surface area (Å²) in [6.45, 7) is 1.87. The van der Waals surface area contributed by atoms with Crippen LogP contribution in [0.2, 0.25) is 5.02 Å². The molecule has 1 aliphatic heterocycles. The molecule has 6 nitrogen and oxygen atoms in total. The molecule has 1 fully saturated rings. The molecule has 3 rings (SSSR count). The molecule has 0 spiro atoms. The molecule has 1 saturated carbocycles. The Balaban J connectivity index is 0.00000208. The summed E-state index contributed by atoms with van der Waals surface area (Å²) in [4.78, 5) is 23.9. The van der Waals surface area contributed by atoms with Crippen molar-refractivity contribution in [3.05, 3.63) is 17.2 Å². The molecule has 1 aliphatic carbocycles. The number of halogens is 2. The van der Waals surface area contributed by atoms with E-state index in [1.165, 1.54) is 0 Å². The molecule has 132 valence electrons. The first-order valence-electron chi connectivity index (χ1n) is 7.73. The Labute approximate surface area is 151 Å². The van der Waals surface area contributed by atoms with Gasteiger partial charge in [-0.3, -0.25) is 9.59 Å². The van der Waals surface area contributed by atoms with E-state index in [4.69, 9.17) is 22.1 Å². The van der Waals surface area contributed by atoms with Gasteiger partial charge < -0.3 is 21.1 Å². The molecule has 24 heavy (non-hydrogen) atoms. The Bertz CT molecular complexity index is 664. The third-order valence-electron chi connectivity index (χ3n) is 4.53. The van der Waals surface area contributed by atoms with Gasteiger partial charge in [-0.2, -0.15) is 0 Å². The van der Waals surface area contributed by atoms with Crippen LogP contribution in [0.15, 0.2) is 12.1 Å².